The number of halogens is 2. The standard InChI is InChI=1S/C33H46F2N2O9/c1-15(2)21-25(40)20(28(36)43)26(41)33(45)27(42)22-24(39)19-17(16(3)30(22,4)29(44)31(21,33)5)7-8-18(23(19)38)32(34,35)9-6-10-37-11-13-46-14-12-37/h7-8,15-16,20-22,25,27,29,38,40,42,44-45H,6,9-14H2,1-5H3,(H2,36,43)/t16-,20-,21+,22-,25?,27?,29-,30+,31+,33+/m1/s1. The number of fused-ring (bicyclic) bond motifs is 3. The van der Waals surface area contributed by atoms with E-state index < -0.39 is 111 Å². The van der Waals surface area contributed by atoms with Gasteiger partial charge in [0.05, 0.1) is 42.5 Å². The lowest BCUT2D eigenvalue weighted by atomic mass is 9.36. The van der Waals surface area contributed by atoms with Crippen molar-refractivity contribution in [2.75, 3.05) is 32.8 Å². The molecule has 2 saturated carbocycles. The number of alkyl halides is 2. The number of nitrogens with two attached hydrogens (primary N) is 1. The topological polar surface area (TPSA) is 191 Å². The number of rotatable bonds is 7. The maximum Gasteiger partial charge on any atom is 0.276 e. The molecule has 3 aliphatic carbocycles. The summed E-state index contributed by atoms with van der Waals surface area (Å²) in [5, 5.41) is 59.1. The quantitative estimate of drug-likeness (QED) is 0.234. The SMILES string of the molecule is CC(C)[C@H]1C(O)[C@@H](C(N)=O)C(=O)[C@]2(O)C(O)[C@H]3C(=O)c4c(ccc(C(F)(F)CCCN5CCOCC5)c4O)[C@@H](C)[C@]3(C)[C@@H](O)[C@]12C. The number of carbonyl (C=O) groups is 3. The Kier molecular flexibility index (Phi) is 8.73. The molecule has 11 nitrogen and oxygen atoms in total. The summed E-state index contributed by atoms with van der Waals surface area (Å²) in [6.45, 7) is 10.5. The van der Waals surface area contributed by atoms with Crippen molar-refractivity contribution >= 4 is 17.5 Å². The molecule has 0 aromatic heterocycles. The highest BCUT2D eigenvalue weighted by atomic mass is 19.3. The zero-order chi connectivity index (χ0) is 34.3. The van der Waals surface area contributed by atoms with Crippen molar-refractivity contribution in [3.05, 3.63) is 28.8 Å². The predicted molar refractivity (Wildman–Crippen MR) is 160 cm³/mol. The van der Waals surface area contributed by atoms with Gasteiger partial charge in [0.25, 0.3) is 5.92 Å². The highest BCUT2D eigenvalue weighted by molar-refractivity contribution is 6.09. The minimum absolute atomic E-state index is 0.108. The van der Waals surface area contributed by atoms with Crippen LogP contribution in [0.1, 0.15) is 74.9 Å². The Labute approximate surface area is 266 Å². The van der Waals surface area contributed by atoms with E-state index in [4.69, 9.17) is 10.5 Å². The van der Waals surface area contributed by atoms with Crippen molar-refractivity contribution in [1.29, 1.82) is 0 Å². The Morgan fingerprint density at radius 3 is 2.33 bits per heavy atom. The second kappa shape index (κ2) is 11.6. The van der Waals surface area contributed by atoms with Crippen LogP contribution >= 0.6 is 0 Å². The van der Waals surface area contributed by atoms with Gasteiger partial charge in [0, 0.05) is 30.3 Å². The van der Waals surface area contributed by atoms with E-state index in [0.29, 0.717) is 32.8 Å². The Balaban J connectivity index is 1.60. The van der Waals surface area contributed by atoms with E-state index in [9.17, 15) is 39.9 Å². The Morgan fingerprint density at radius 1 is 1.15 bits per heavy atom. The monoisotopic (exact) mass is 652 g/mol. The third-order valence-electron chi connectivity index (χ3n) is 12.1. The van der Waals surface area contributed by atoms with E-state index in [0.717, 1.165) is 6.07 Å². The molecule has 46 heavy (non-hydrogen) atoms. The Hall–Kier alpha value is -2.55. The van der Waals surface area contributed by atoms with E-state index in [1.54, 1.807) is 20.8 Å². The first-order valence-electron chi connectivity index (χ1n) is 16.0. The number of aromatic hydroxyl groups is 1. The zero-order valence-electron chi connectivity index (χ0n) is 26.9. The number of nitrogens with zero attached hydrogens (tertiary/aromatic N) is 1. The van der Waals surface area contributed by atoms with Gasteiger partial charge in [-0.15, -0.1) is 0 Å². The molecule has 1 heterocycles. The van der Waals surface area contributed by atoms with Gasteiger partial charge in [-0.25, -0.2) is 8.78 Å². The Bertz CT molecular complexity index is 1420. The second-order valence-corrected chi connectivity index (χ2v) is 14.5. The lowest BCUT2D eigenvalue weighted by Gasteiger charge is -2.69. The van der Waals surface area contributed by atoms with E-state index >= 15 is 8.78 Å². The van der Waals surface area contributed by atoms with Gasteiger partial charge in [-0.1, -0.05) is 40.7 Å². The molecule has 1 aliphatic heterocycles. The lowest BCUT2D eigenvalue weighted by Crippen LogP contribution is -2.83. The molecule has 5 rings (SSSR count). The number of hydrogen-bond acceptors (Lipinski definition) is 10. The molecule has 7 N–H and O–H groups in total. The molecular formula is C33H46F2N2O9. The largest absolute Gasteiger partial charge is 0.507 e. The number of ketones is 2. The fraction of sp³-hybridized carbons (Fsp3) is 0.727. The van der Waals surface area contributed by atoms with Gasteiger partial charge in [0.15, 0.2) is 17.2 Å². The maximum atomic E-state index is 15.6. The number of benzene rings is 1. The summed E-state index contributed by atoms with van der Waals surface area (Å²) in [7, 11) is 0. The summed E-state index contributed by atoms with van der Waals surface area (Å²) < 4.78 is 36.5. The van der Waals surface area contributed by atoms with Crippen LogP contribution in [0.5, 0.6) is 5.75 Å². The number of hydrogen-bond donors (Lipinski definition) is 6. The highest BCUT2D eigenvalue weighted by Crippen LogP contribution is 2.68. The van der Waals surface area contributed by atoms with Crippen molar-refractivity contribution in [2.24, 2.45) is 40.2 Å². The number of aliphatic hydroxyl groups excluding tert-OH is 3. The van der Waals surface area contributed by atoms with Crippen LogP contribution < -0.4 is 5.73 Å². The first-order valence-corrected chi connectivity index (χ1v) is 16.0. The highest BCUT2D eigenvalue weighted by Gasteiger charge is 2.80. The summed E-state index contributed by atoms with van der Waals surface area (Å²) >= 11 is 0. The molecule has 1 aromatic carbocycles. The van der Waals surface area contributed by atoms with Gasteiger partial charge >= 0.3 is 0 Å². The normalized spacial score (nSPS) is 40.0. The predicted octanol–water partition coefficient (Wildman–Crippen LogP) is 1.31. The minimum atomic E-state index is -3.52. The summed E-state index contributed by atoms with van der Waals surface area (Å²) in [5.41, 5.74) is -2.16. The Morgan fingerprint density at radius 2 is 1.76 bits per heavy atom. The molecule has 3 fully saturated rings. The van der Waals surface area contributed by atoms with Crippen LogP contribution in [0.4, 0.5) is 8.78 Å². The number of morpholine rings is 1. The van der Waals surface area contributed by atoms with Crippen LogP contribution in [0, 0.1) is 34.5 Å². The number of phenolic OH excluding ortho intramolecular Hbond substituents is 1. The van der Waals surface area contributed by atoms with Crippen LogP contribution in [0.2, 0.25) is 0 Å². The van der Waals surface area contributed by atoms with Gasteiger partial charge in [-0.2, -0.15) is 0 Å². The molecular weight excluding hydrogens is 606 g/mol. The van der Waals surface area contributed by atoms with Gasteiger partial charge in [0.1, 0.15) is 17.8 Å². The number of primary amides is 1. The number of phenols is 1. The summed E-state index contributed by atoms with van der Waals surface area (Å²) in [6.07, 6.45) is -6.21. The molecule has 4 aliphatic rings. The first kappa shape index (κ1) is 34.8. The third-order valence-corrected chi connectivity index (χ3v) is 12.1. The van der Waals surface area contributed by atoms with E-state index in [1.807, 2.05) is 4.90 Å². The molecule has 1 saturated heterocycles. The average Bonchev–Trinajstić information content (AvgIpc) is 2.97. The van der Waals surface area contributed by atoms with Crippen LogP contribution in [0.3, 0.4) is 0 Å². The summed E-state index contributed by atoms with van der Waals surface area (Å²) in [6, 6.07) is 2.39. The van der Waals surface area contributed by atoms with E-state index in [1.165, 1.54) is 19.9 Å². The number of carbonyl (C=O) groups excluding carboxylic acids is 3. The van der Waals surface area contributed by atoms with E-state index in [-0.39, 0.29) is 12.0 Å². The molecule has 10 atom stereocenters. The van der Waals surface area contributed by atoms with Gasteiger partial charge < -0.3 is 36.0 Å². The third kappa shape index (κ3) is 4.52. The second-order valence-electron chi connectivity index (χ2n) is 14.5. The van der Waals surface area contributed by atoms with Crippen molar-refractivity contribution < 1.29 is 53.4 Å². The van der Waals surface area contributed by atoms with Crippen LogP contribution in [-0.2, 0) is 20.2 Å². The fourth-order valence-electron chi connectivity index (χ4n) is 9.54. The van der Waals surface area contributed by atoms with Crippen LogP contribution in [0.25, 0.3) is 0 Å². The lowest BCUT2D eigenvalue weighted by molar-refractivity contribution is -0.306. The number of ether oxygens (including phenoxy) is 1. The molecule has 13 heteroatoms. The van der Waals surface area contributed by atoms with Crippen molar-refractivity contribution in [3.63, 3.8) is 0 Å². The first-order chi connectivity index (χ1) is 21.3. The van der Waals surface area contributed by atoms with Crippen molar-refractivity contribution in [3.8, 4) is 5.75 Å². The molecule has 2 unspecified atom stereocenters. The molecule has 0 spiro atoms. The maximum absolute atomic E-state index is 15.6. The van der Waals surface area contributed by atoms with Crippen LogP contribution in [-0.4, -0.2) is 105 Å². The van der Waals surface area contributed by atoms with Crippen molar-refractivity contribution in [1.82, 2.24) is 4.90 Å². The molecule has 0 bridgehead atoms. The minimum Gasteiger partial charge on any atom is -0.507 e. The average molecular weight is 653 g/mol. The van der Waals surface area contributed by atoms with Gasteiger partial charge in [0.2, 0.25) is 5.91 Å². The molecule has 1 amide bonds. The molecule has 0 radical (unpaired) electrons. The number of amides is 1. The summed E-state index contributed by atoms with van der Waals surface area (Å²) in [4.78, 5) is 42.7. The number of Topliss-reactive ketones (excluding diaryl/α,β-unsaturated/α-hetero) is 2. The van der Waals surface area contributed by atoms with Gasteiger partial charge in [-0.3, -0.25) is 19.3 Å². The fourth-order valence-corrected chi connectivity index (χ4v) is 9.54. The summed E-state index contributed by atoms with van der Waals surface area (Å²) in [5.74, 6) is -14.4. The molecule has 1 aromatic rings. The smallest absolute Gasteiger partial charge is 0.276 e. The molecule has 256 valence electrons. The number of aliphatic hydroxyl groups is 4. The van der Waals surface area contributed by atoms with Crippen molar-refractivity contribution in [2.45, 2.75) is 83.2 Å². The van der Waals surface area contributed by atoms with Gasteiger partial charge in [-0.05, 0) is 42.3 Å². The van der Waals surface area contributed by atoms with E-state index in [2.05, 4.69) is 0 Å². The zero-order valence-corrected chi connectivity index (χ0v) is 26.9. The van der Waals surface area contributed by atoms with Crippen LogP contribution in [0.15, 0.2) is 12.1 Å².